The average Bonchev–Trinajstić information content (AvgIpc) is 3.31. The molecule has 39 heavy (non-hydrogen) atoms. The Balaban J connectivity index is 0.00000533. The molecule has 2 amide bonds. The van der Waals surface area contributed by atoms with E-state index in [9.17, 15) is 4.79 Å². The molecule has 5 nitrogen and oxygen atoms in total. The molecule has 214 valence electrons. The predicted molar refractivity (Wildman–Crippen MR) is 160 cm³/mol. The molecule has 0 aliphatic carbocycles. The van der Waals surface area contributed by atoms with Gasteiger partial charge in [-0.2, -0.15) is 4.57 Å². The molecule has 0 spiro atoms. The second-order valence-corrected chi connectivity index (χ2v) is 11.2. The molecule has 0 unspecified atom stereocenters. The van der Waals surface area contributed by atoms with Crippen LogP contribution < -0.4 is 36.9 Å². The average molecular weight is 617 g/mol. The molecular formula is C32H46BrN3O2S. The summed E-state index contributed by atoms with van der Waals surface area (Å²) >= 11 is 1.73. The number of thiazole rings is 1. The van der Waals surface area contributed by atoms with Gasteiger partial charge in [-0.3, -0.25) is 0 Å². The third kappa shape index (κ3) is 13.0. The quantitative estimate of drug-likeness (QED) is 0.134. The molecule has 0 aliphatic rings. The van der Waals surface area contributed by atoms with Crippen LogP contribution in [0.3, 0.4) is 0 Å². The highest BCUT2D eigenvalue weighted by Crippen LogP contribution is 2.24. The van der Waals surface area contributed by atoms with Crippen molar-refractivity contribution in [2.24, 2.45) is 0 Å². The molecule has 1 heterocycles. The van der Waals surface area contributed by atoms with Crippen molar-refractivity contribution in [2.45, 2.75) is 97.4 Å². The van der Waals surface area contributed by atoms with E-state index in [4.69, 9.17) is 4.74 Å². The molecule has 0 radical (unpaired) electrons. The number of ether oxygens (including phenoxy) is 1. The first-order valence-electron chi connectivity index (χ1n) is 14.5. The van der Waals surface area contributed by atoms with Crippen molar-refractivity contribution in [3.05, 3.63) is 70.7 Å². The SMILES string of the molecule is CCCCCCCCCCCCCCOc1ccccc1NC(=O)Nc1cccc(C[n+]2ccsc2C)c1.[Br-]. The number of anilines is 2. The maximum absolute atomic E-state index is 12.7. The summed E-state index contributed by atoms with van der Waals surface area (Å²) < 4.78 is 8.23. The van der Waals surface area contributed by atoms with Crippen LogP contribution in [0.2, 0.25) is 0 Å². The number of para-hydroxylation sites is 2. The van der Waals surface area contributed by atoms with Gasteiger partial charge in [0.25, 0.3) is 0 Å². The molecular weight excluding hydrogens is 570 g/mol. The number of carbonyl (C=O) groups excluding carboxylic acids is 1. The number of halogens is 1. The molecule has 1 aromatic heterocycles. The van der Waals surface area contributed by atoms with E-state index in [1.165, 1.54) is 75.6 Å². The molecule has 0 aliphatic heterocycles. The number of unbranched alkanes of at least 4 members (excludes halogenated alkanes) is 11. The Hall–Kier alpha value is -2.38. The zero-order valence-corrected chi connectivity index (χ0v) is 26.1. The van der Waals surface area contributed by atoms with Crippen molar-refractivity contribution >= 4 is 28.7 Å². The van der Waals surface area contributed by atoms with Gasteiger partial charge in [-0.15, -0.1) is 0 Å². The third-order valence-corrected chi connectivity index (χ3v) is 7.65. The Morgan fingerprint density at radius 1 is 0.846 bits per heavy atom. The topological polar surface area (TPSA) is 54.2 Å². The molecule has 0 fully saturated rings. The van der Waals surface area contributed by atoms with Gasteiger partial charge in [0.05, 0.1) is 17.7 Å². The molecule has 3 aromatic rings. The Labute approximate surface area is 250 Å². The molecule has 0 atom stereocenters. The van der Waals surface area contributed by atoms with E-state index < -0.39 is 0 Å². The summed E-state index contributed by atoms with van der Waals surface area (Å²) in [6.07, 6.45) is 17.9. The van der Waals surface area contributed by atoms with E-state index in [1.54, 1.807) is 11.3 Å². The lowest BCUT2D eigenvalue weighted by molar-refractivity contribution is -0.689. The molecule has 0 saturated heterocycles. The van der Waals surface area contributed by atoms with Gasteiger partial charge < -0.3 is 32.4 Å². The van der Waals surface area contributed by atoms with Crippen molar-refractivity contribution in [1.29, 1.82) is 0 Å². The van der Waals surface area contributed by atoms with E-state index in [2.05, 4.69) is 46.7 Å². The number of rotatable bonds is 18. The van der Waals surface area contributed by atoms with Crippen LogP contribution >= 0.6 is 11.3 Å². The maximum atomic E-state index is 12.7. The van der Waals surface area contributed by atoms with Gasteiger partial charge in [0, 0.05) is 18.2 Å². The minimum atomic E-state index is -0.275. The predicted octanol–water partition coefficient (Wildman–Crippen LogP) is 6.12. The van der Waals surface area contributed by atoms with Crippen molar-refractivity contribution in [1.82, 2.24) is 0 Å². The fourth-order valence-electron chi connectivity index (χ4n) is 4.59. The number of aryl methyl sites for hydroxylation is 1. The van der Waals surface area contributed by atoms with Gasteiger partial charge in [-0.05, 0) is 30.7 Å². The number of benzene rings is 2. The summed E-state index contributed by atoms with van der Waals surface area (Å²) in [5.41, 5.74) is 2.59. The van der Waals surface area contributed by atoms with E-state index >= 15 is 0 Å². The normalized spacial score (nSPS) is 10.6. The van der Waals surface area contributed by atoms with Crippen LogP contribution in [0, 0.1) is 6.92 Å². The number of nitrogens with zero attached hydrogens (tertiary/aromatic N) is 1. The minimum absolute atomic E-state index is 0. The van der Waals surface area contributed by atoms with Crippen LogP contribution in [-0.4, -0.2) is 12.6 Å². The highest BCUT2D eigenvalue weighted by atomic mass is 79.9. The Morgan fingerprint density at radius 2 is 1.51 bits per heavy atom. The Morgan fingerprint density at radius 3 is 2.18 bits per heavy atom. The highest BCUT2D eigenvalue weighted by Gasteiger charge is 2.11. The van der Waals surface area contributed by atoms with Crippen molar-refractivity contribution in [2.75, 3.05) is 17.2 Å². The van der Waals surface area contributed by atoms with Crippen LogP contribution in [0.4, 0.5) is 16.2 Å². The van der Waals surface area contributed by atoms with E-state index in [1.807, 2.05) is 42.5 Å². The number of hydrogen-bond acceptors (Lipinski definition) is 3. The molecule has 3 rings (SSSR count). The standard InChI is InChI=1S/C32H45N3O2S.BrH/c1-3-4-5-6-7-8-9-10-11-12-13-16-23-37-31-21-15-14-20-30(31)34-32(36)33-29-19-17-18-28(25-29)26-35-22-24-38-27(35)2;/h14-15,17-22,24-25H,3-13,16,23,26H2,1-2H3,(H-,33,34,36);1H. The van der Waals surface area contributed by atoms with Gasteiger partial charge in [0.2, 0.25) is 5.01 Å². The lowest BCUT2D eigenvalue weighted by atomic mass is 10.1. The van der Waals surface area contributed by atoms with Crippen LogP contribution in [0.1, 0.15) is 94.5 Å². The number of hydrogen-bond donors (Lipinski definition) is 2. The third-order valence-electron chi connectivity index (χ3n) is 6.81. The van der Waals surface area contributed by atoms with Gasteiger partial charge in [-0.1, -0.05) is 113 Å². The first-order valence-corrected chi connectivity index (χ1v) is 15.4. The Kier molecular flexibility index (Phi) is 16.5. The van der Waals surface area contributed by atoms with E-state index in [-0.39, 0.29) is 23.0 Å². The molecule has 0 saturated carbocycles. The summed E-state index contributed by atoms with van der Waals surface area (Å²) in [5.74, 6) is 0.712. The van der Waals surface area contributed by atoms with Gasteiger partial charge >= 0.3 is 6.03 Å². The second kappa shape index (κ2) is 19.6. The molecule has 0 bridgehead atoms. The smallest absolute Gasteiger partial charge is 0.323 e. The molecule has 2 N–H and O–H groups in total. The van der Waals surface area contributed by atoms with Crippen molar-refractivity contribution in [3.63, 3.8) is 0 Å². The summed E-state index contributed by atoms with van der Waals surface area (Å²) in [6.45, 7) is 5.83. The zero-order chi connectivity index (χ0) is 26.8. The van der Waals surface area contributed by atoms with Crippen LogP contribution in [0.15, 0.2) is 60.1 Å². The van der Waals surface area contributed by atoms with Gasteiger partial charge in [0.1, 0.15) is 5.75 Å². The maximum Gasteiger partial charge on any atom is 0.323 e. The van der Waals surface area contributed by atoms with Crippen LogP contribution in [-0.2, 0) is 6.54 Å². The first kappa shape index (κ1) is 32.8. The fraction of sp³-hybridized carbons (Fsp3) is 0.500. The van der Waals surface area contributed by atoms with Crippen molar-refractivity contribution < 1.29 is 31.1 Å². The fourth-order valence-corrected chi connectivity index (χ4v) is 5.25. The van der Waals surface area contributed by atoms with E-state index in [0.29, 0.717) is 18.0 Å². The zero-order valence-electron chi connectivity index (χ0n) is 23.7. The summed E-state index contributed by atoms with van der Waals surface area (Å²) in [4.78, 5) is 12.7. The van der Waals surface area contributed by atoms with Crippen LogP contribution in [0.25, 0.3) is 0 Å². The van der Waals surface area contributed by atoms with Gasteiger partial charge in [0.15, 0.2) is 12.7 Å². The van der Waals surface area contributed by atoms with Gasteiger partial charge in [-0.25, -0.2) is 4.79 Å². The number of amides is 2. The Bertz CT molecular complexity index is 1090. The number of nitrogens with one attached hydrogen (secondary N) is 2. The summed E-state index contributed by atoms with van der Waals surface area (Å²) in [7, 11) is 0. The van der Waals surface area contributed by atoms with E-state index in [0.717, 1.165) is 24.2 Å². The molecule has 7 heteroatoms. The lowest BCUT2D eigenvalue weighted by Crippen LogP contribution is -3.00. The van der Waals surface area contributed by atoms with Crippen molar-refractivity contribution in [3.8, 4) is 5.75 Å². The largest absolute Gasteiger partial charge is 1.00 e. The second-order valence-electron chi connectivity index (χ2n) is 10.1. The minimum Gasteiger partial charge on any atom is -1.00 e. The molecule has 2 aromatic carbocycles. The number of urea groups is 1. The number of aromatic nitrogens is 1. The summed E-state index contributed by atoms with van der Waals surface area (Å²) in [6, 6.07) is 15.3. The monoisotopic (exact) mass is 615 g/mol. The highest BCUT2D eigenvalue weighted by molar-refractivity contribution is 7.09. The lowest BCUT2D eigenvalue weighted by Gasteiger charge is -2.13. The number of carbonyl (C=O) groups is 1. The first-order chi connectivity index (χ1) is 18.7. The van der Waals surface area contributed by atoms with Crippen LogP contribution in [0.5, 0.6) is 5.75 Å². The summed E-state index contributed by atoms with van der Waals surface area (Å²) in [5, 5.41) is 9.25.